The van der Waals surface area contributed by atoms with E-state index >= 15 is 0 Å². The molecule has 0 aliphatic rings. The van der Waals surface area contributed by atoms with Crippen LogP contribution in [0.1, 0.15) is 13.3 Å². The molecule has 0 aliphatic heterocycles. The van der Waals surface area contributed by atoms with Gasteiger partial charge in [0.05, 0.1) is 5.25 Å². The van der Waals surface area contributed by atoms with E-state index < -0.39 is 0 Å². The second-order valence-electron chi connectivity index (χ2n) is 2.52. The summed E-state index contributed by atoms with van der Waals surface area (Å²) in [5.41, 5.74) is 5.41. The lowest BCUT2D eigenvalue weighted by atomic mass is 10.3. The molecule has 5 heteroatoms. The van der Waals surface area contributed by atoms with E-state index in [4.69, 9.17) is 11.1 Å². The second kappa shape index (κ2) is 4.81. The van der Waals surface area contributed by atoms with Crippen molar-refractivity contribution < 1.29 is 0 Å². The maximum absolute atomic E-state index is 7.31. The van der Waals surface area contributed by atoms with Crippen LogP contribution >= 0.6 is 11.8 Å². The third-order valence-electron chi connectivity index (χ3n) is 1.54. The summed E-state index contributed by atoms with van der Waals surface area (Å²) < 4.78 is 0. The molecule has 0 aromatic carbocycles. The molecule has 0 saturated carbocycles. The molecule has 0 radical (unpaired) electrons. The third-order valence-corrected chi connectivity index (χ3v) is 2.89. The first-order valence-corrected chi connectivity index (χ1v) is 4.88. The van der Waals surface area contributed by atoms with E-state index in [1.165, 1.54) is 18.1 Å². The fraction of sp³-hybridized carbons (Fsp3) is 0.375. The van der Waals surface area contributed by atoms with Gasteiger partial charge in [0, 0.05) is 6.20 Å². The van der Waals surface area contributed by atoms with Gasteiger partial charge < -0.3 is 5.73 Å². The standard InChI is InChI=1S/C8H12N4S/c1-2-6(8(9)10)13-7-3-4-11-5-12-7/h3-6H,2H2,1H3,(H3,9,10). The van der Waals surface area contributed by atoms with E-state index in [0.29, 0.717) is 0 Å². The Balaban J connectivity index is 2.62. The predicted molar refractivity (Wildman–Crippen MR) is 53.9 cm³/mol. The van der Waals surface area contributed by atoms with Crippen molar-refractivity contribution in [2.75, 3.05) is 0 Å². The molecule has 1 heterocycles. The van der Waals surface area contributed by atoms with E-state index in [1.54, 1.807) is 6.20 Å². The first-order valence-electron chi connectivity index (χ1n) is 4.00. The predicted octanol–water partition coefficient (Wildman–Crippen LogP) is 1.28. The van der Waals surface area contributed by atoms with Crippen molar-refractivity contribution in [1.29, 1.82) is 5.41 Å². The molecule has 13 heavy (non-hydrogen) atoms. The summed E-state index contributed by atoms with van der Waals surface area (Å²) in [5.74, 6) is 0.200. The van der Waals surface area contributed by atoms with Gasteiger partial charge in [-0.3, -0.25) is 5.41 Å². The van der Waals surface area contributed by atoms with Gasteiger partial charge >= 0.3 is 0 Å². The van der Waals surface area contributed by atoms with Crippen molar-refractivity contribution in [2.24, 2.45) is 5.73 Å². The lowest BCUT2D eigenvalue weighted by Crippen LogP contribution is -2.24. The summed E-state index contributed by atoms with van der Waals surface area (Å²) in [5, 5.41) is 8.20. The Kier molecular flexibility index (Phi) is 3.70. The van der Waals surface area contributed by atoms with E-state index in [2.05, 4.69) is 9.97 Å². The summed E-state index contributed by atoms with van der Waals surface area (Å²) >= 11 is 1.50. The van der Waals surface area contributed by atoms with Crippen molar-refractivity contribution >= 4 is 17.6 Å². The van der Waals surface area contributed by atoms with Crippen LogP contribution in [0.25, 0.3) is 0 Å². The number of amidine groups is 1. The lowest BCUT2D eigenvalue weighted by molar-refractivity contribution is 0.976. The second-order valence-corrected chi connectivity index (χ2v) is 3.74. The molecule has 1 aromatic rings. The van der Waals surface area contributed by atoms with Gasteiger partial charge in [0.2, 0.25) is 0 Å². The molecule has 1 aromatic heterocycles. The quantitative estimate of drug-likeness (QED) is 0.329. The van der Waals surface area contributed by atoms with Crippen LogP contribution < -0.4 is 5.73 Å². The topological polar surface area (TPSA) is 75.7 Å². The Hall–Kier alpha value is -1.10. The Morgan fingerprint density at radius 3 is 3.00 bits per heavy atom. The number of nitrogens with zero attached hydrogens (tertiary/aromatic N) is 2. The number of nitrogens with one attached hydrogen (secondary N) is 1. The van der Waals surface area contributed by atoms with Crippen LogP contribution in [0, 0.1) is 5.41 Å². The Morgan fingerprint density at radius 1 is 1.77 bits per heavy atom. The Bertz CT molecular complexity index is 275. The lowest BCUT2D eigenvalue weighted by Gasteiger charge is -2.10. The van der Waals surface area contributed by atoms with E-state index in [1.807, 2.05) is 13.0 Å². The molecule has 0 spiro atoms. The molecular formula is C8H12N4S. The fourth-order valence-electron chi connectivity index (χ4n) is 0.861. The summed E-state index contributed by atoms with van der Waals surface area (Å²) in [6.07, 6.45) is 4.02. The molecule has 0 amide bonds. The van der Waals surface area contributed by atoms with Crippen molar-refractivity contribution in [3.8, 4) is 0 Å². The van der Waals surface area contributed by atoms with Gasteiger partial charge in [0.15, 0.2) is 0 Å². The highest BCUT2D eigenvalue weighted by molar-refractivity contribution is 8.00. The Labute approximate surface area is 81.5 Å². The van der Waals surface area contributed by atoms with Gasteiger partial charge in [-0.05, 0) is 12.5 Å². The maximum atomic E-state index is 7.31. The minimum Gasteiger partial charge on any atom is -0.387 e. The number of thioether (sulfide) groups is 1. The molecule has 0 bridgehead atoms. The average molecular weight is 196 g/mol. The van der Waals surface area contributed by atoms with E-state index in [-0.39, 0.29) is 11.1 Å². The molecule has 3 N–H and O–H groups in total. The van der Waals surface area contributed by atoms with Gasteiger partial charge in [-0.25, -0.2) is 9.97 Å². The van der Waals surface area contributed by atoms with Gasteiger partial charge in [-0.1, -0.05) is 18.7 Å². The van der Waals surface area contributed by atoms with Crippen molar-refractivity contribution in [3.05, 3.63) is 18.6 Å². The highest BCUT2D eigenvalue weighted by Gasteiger charge is 2.11. The van der Waals surface area contributed by atoms with Crippen molar-refractivity contribution in [3.63, 3.8) is 0 Å². The summed E-state index contributed by atoms with van der Waals surface area (Å²) in [6, 6.07) is 1.82. The summed E-state index contributed by atoms with van der Waals surface area (Å²) in [4.78, 5) is 7.86. The van der Waals surface area contributed by atoms with Crippen molar-refractivity contribution in [1.82, 2.24) is 9.97 Å². The van der Waals surface area contributed by atoms with Crippen LogP contribution in [0.5, 0.6) is 0 Å². The van der Waals surface area contributed by atoms with Gasteiger partial charge in [-0.15, -0.1) is 0 Å². The minimum atomic E-state index is 0.0231. The molecule has 1 rings (SSSR count). The molecular weight excluding hydrogens is 184 g/mol. The molecule has 0 saturated heterocycles. The largest absolute Gasteiger partial charge is 0.387 e. The number of hydrogen-bond donors (Lipinski definition) is 2. The SMILES string of the molecule is CCC(Sc1ccncn1)C(=N)N. The highest BCUT2D eigenvalue weighted by atomic mass is 32.2. The normalized spacial score (nSPS) is 12.4. The zero-order valence-corrected chi connectivity index (χ0v) is 8.21. The van der Waals surface area contributed by atoms with Gasteiger partial charge in [0.25, 0.3) is 0 Å². The number of aromatic nitrogens is 2. The van der Waals surface area contributed by atoms with E-state index in [0.717, 1.165) is 11.4 Å². The Morgan fingerprint density at radius 2 is 2.54 bits per heavy atom. The molecule has 4 nitrogen and oxygen atoms in total. The highest BCUT2D eigenvalue weighted by Crippen LogP contribution is 2.22. The fourth-order valence-corrected chi connectivity index (χ4v) is 1.69. The number of hydrogen-bond acceptors (Lipinski definition) is 4. The van der Waals surface area contributed by atoms with Crippen LogP contribution in [0.2, 0.25) is 0 Å². The molecule has 0 aliphatic carbocycles. The molecule has 0 fully saturated rings. The van der Waals surface area contributed by atoms with Crippen LogP contribution in [0.3, 0.4) is 0 Å². The third kappa shape index (κ3) is 3.02. The molecule has 1 atom stereocenters. The maximum Gasteiger partial charge on any atom is 0.116 e. The first kappa shape index (κ1) is 9.98. The monoisotopic (exact) mass is 196 g/mol. The van der Waals surface area contributed by atoms with Crippen LogP contribution in [-0.2, 0) is 0 Å². The number of nitrogens with two attached hydrogens (primary N) is 1. The summed E-state index contributed by atoms with van der Waals surface area (Å²) in [7, 11) is 0. The van der Waals surface area contributed by atoms with Crippen molar-refractivity contribution in [2.45, 2.75) is 23.6 Å². The minimum absolute atomic E-state index is 0.0231. The zero-order valence-electron chi connectivity index (χ0n) is 7.40. The van der Waals surface area contributed by atoms with E-state index in [9.17, 15) is 0 Å². The first-order chi connectivity index (χ1) is 6.24. The number of rotatable bonds is 4. The zero-order chi connectivity index (χ0) is 9.68. The average Bonchev–Trinajstić information content (AvgIpc) is 2.15. The summed E-state index contributed by atoms with van der Waals surface area (Å²) in [6.45, 7) is 2.00. The van der Waals surface area contributed by atoms with Crippen LogP contribution in [0.4, 0.5) is 0 Å². The van der Waals surface area contributed by atoms with Gasteiger partial charge in [-0.2, -0.15) is 0 Å². The van der Waals surface area contributed by atoms with Gasteiger partial charge in [0.1, 0.15) is 17.2 Å². The molecule has 1 unspecified atom stereocenters. The smallest absolute Gasteiger partial charge is 0.116 e. The van der Waals surface area contributed by atoms with Crippen LogP contribution in [0.15, 0.2) is 23.6 Å². The molecule has 70 valence electrons. The van der Waals surface area contributed by atoms with Crippen LogP contribution in [-0.4, -0.2) is 21.1 Å².